The van der Waals surface area contributed by atoms with Gasteiger partial charge in [0.15, 0.2) is 0 Å². The molecule has 0 amide bonds. The van der Waals surface area contributed by atoms with E-state index in [9.17, 15) is 18.5 Å². The van der Waals surface area contributed by atoms with Crippen molar-refractivity contribution in [3.63, 3.8) is 0 Å². The van der Waals surface area contributed by atoms with Crippen molar-refractivity contribution in [2.24, 2.45) is 5.92 Å². The second kappa shape index (κ2) is 8.49. The smallest absolute Gasteiger partial charge is 0.342 e. The fraction of sp³-hybridized carbons (Fsp3) is 0.348. The number of esters is 1. The molecule has 2 aromatic carbocycles. The first-order valence-electron chi connectivity index (χ1n) is 9.52. The summed E-state index contributed by atoms with van der Waals surface area (Å²) in [5.74, 6) is -1.09. The highest BCUT2D eigenvalue weighted by Gasteiger charge is 2.35. The Morgan fingerprint density at radius 3 is 2.45 bits per heavy atom. The van der Waals surface area contributed by atoms with Crippen molar-refractivity contribution >= 4 is 22.3 Å². The van der Waals surface area contributed by atoms with Crippen LogP contribution in [0.5, 0.6) is 0 Å². The second-order valence-corrected chi connectivity index (χ2v) is 9.19. The van der Waals surface area contributed by atoms with Crippen LogP contribution >= 0.6 is 0 Å². The number of hydrogen-bond donors (Lipinski definition) is 1. The highest BCUT2D eigenvalue weighted by molar-refractivity contribution is 7.85. The molecule has 3 unspecified atom stereocenters. The average molecular weight is 417 g/mol. The molecule has 1 aliphatic heterocycles. The average Bonchev–Trinajstić information content (AvgIpc) is 2.62. The normalized spacial score (nSPS) is 19.1. The molecule has 0 saturated heterocycles. The minimum absolute atomic E-state index is 0.00955. The first-order valence-corrected chi connectivity index (χ1v) is 10.8. The fourth-order valence-corrected chi connectivity index (χ4v) is 5.20. The molecule has 0 saturated carbocycles. The molecule has 154 valence electrons. The Balaban J connectivity index is 1.80. The standard InChI is InChI=1S/C23H25FO4S/c1-13-8-14(2)21(15(3)9-13)22-19(25)11-20(28-23(22)26)16(4)12-29(27)18-7-5-6-17(24)10-18/h5-10,16,20,25H,11-12H2,1-4H3. The van der Waals surface area contributed by atoms with Crippen LogP contribution in [0, 0.1) is 32.5 Å². The number of cyclic esters (lactones) is 1. The minimum Gasteiger partial charge on any atom is -0.511 e. The van der Waals surface area contributed by atoms with Crippen molar-refractivity contribution in [3.05, 3.63) is 70.2 Å². The Morgan fingerprint density at radius 1 is 1.21 bits per heavy atom. The maximum atomic E-state index is 13.4. The van der Waals surface area contributed by atoms with Crippen LogP contribution in [0.4, 0.5) is 4.39 Å². The van der Waals surface area contributed by atoms with E-state index in [4.69, 9.17) is 4.74 Å². The number of halogens is 1. The summed E-state index contributed by atoms with van der Waals surface area (Å²) in [5.41, 5.74) is 3.79. The lowest BCUT2D eigenvalue weighted by Crippen LogP contribution is -2.33. The van der Waals surface area contributed by atoms with Crippen LogP contribution in [0.3, 0.4) is 0 Å². The lowest BCUT2D eigenvalue weighted by molar-refractivity contribution is -0.145. The van der Waals surface area contributed by atoms with Gasteiger partial charge in [0.25, 0.3) is 0 Å². The summed E-state index contributed by atoms with van der Waals surface area (Å²) < 4.78 is 31.5. The van der Waals surface area contributed by atoms with Crippen molar-refractivity contribution in [1.29, 1.82) is 0 Å². The van der Waals surface area contributed by atoms with Crippen molar-refractivity contribution in [2.45, 2.75) is 45.1 Å². The summed E-state index contributed by atoms with van der Waals surface area (Å²) in [6, 6.07) is 9.60. The molecule has 4 nitrogen and oxygen atoms in total. The van der Waals surface area contributed by atoms with Crippen LogP contribution in [0.2, 0.25) is 0 Å². The highest BCUT2D eigenvalue weighted by Crippen LogP contribution is 2.34. The maximum Gasteiger partial charge on any atom is 0.342 e. The number of aliphatic hydroxyl groups excluding tert-OH is 1. The van der Waals surface area contributed by atoms with Gasteiger partial charge in [0, 0.05) is 23.0 Å². The molecule has 0 radical (unpaired) electrons. The summed E-state index contributed by atoms with van der Waals surface area (Å²) in [6.07, 6.45) is -0.426. The van der Waals surface area contributed by atoms with E-state index in [0.717, 1.165) is 16.7 Å². The van der Waals surface area contributed by atoms with E-state index in [1.165, 1.54) is 18.2 Å². The van der Waals surface area contributed by atoms with Gasteiger partial charge in [-0.1, -0.05) is 30.7 Å². The number of rotatable bonds is 5. The third-order valence-electron chi connectivity index (χ3n) is 5.18. The van der Waals surface area contributed by atoms with Crippen LogP contribution in [0.1, 0.15) is 35.6 Å². The van der Waals surface area contributed by atoms with Crippen LogP contribution in [0.25, 0.3) is 5.57 Å². The van der Waals surface area contributed by atoms with E-state index in [-0.39, 0.29) is 29.4 Å². The summed E-state index contributed by atoms with van der Waals surface area (Å²) in [6.45, 7) is 7.60. The van der Waals surface area contributed by atoms with Crippen LogP contribution in [-0.2, 0) is 20.3 Å². The van der Waals surface area contributed by atoms with Crippen LogP contribution < -0.4 is 0 Å². The largest absolute Gasteiger partial charge is 0.511 e. The van der Waals surface area contributed by atoms with Crippen LogP contribution in [0.15, 0.2) is 47.1 Å². The number of ether oxygens (including phenoxy) is 1. The lowest BCUT2D eigenvalue weighted by Gasteiger charge is -2.29. The summed E-state index contributed by atoms with van der Waals surface area (Å²) in [5, 5.41) is 10.7. The predicted octanol–water partition coefficient (Wildman–Crippen LogP) is 4.78. The summed E-state index contributed by atoms with van der Waals surface area (Å²) in [7, 11) is -1.43. The van der Waals surface area contributed by atoms with Gasteiger partial charge in [0.1, 0.15) is 23.3 Å². The molecular formula is C23H25FO4S. The van der Waals surface area contributed by atoms with Gasteiger partial charge in [-0.25, -0.2) is 9.18 Å². The van der Waals surface area contributed by atoms with E-state index >= 15 is 0 Å². The van der Waals surface area contributed by atoms with Gasteiger partial charge in [-0.2, -0.15) is 0 Å². The Bertz CT molecular complexity index is 989. The first kappa shape index (κ1) is 21.2. The van der Waals surface area contributed by atoms with Gasteiger partial charge in [-0.3, -0.25) is 4.21 Å². The van der Waals surface area contributed by atoms with Crippen molar-refractivity contribution < 1.29 is 23.2 Å². The zero-order chi connectivity index (χ0) is 21.3. The van der Waals surface area contributed by atoms with E-state index in [1.54, 1.807) is 6.07 Å². The molecule has 0 fully saturated rings. The van der Waals surface area contributed by atoms with Gasteiger partial charge in [0.2, 0.25) is 0 Å². The van der Waals surface area contributed by atoms with E-state index in [2.05, 4.69) is 0 Å². The fourth-order valence-electron chi connectivity index (χ4n) is 3.84. The third kappa shape index (κ3) is 4.58. The Kier molecular flexibility index (Phi) is 6.22. The van der Waals surface area contributed by atoms with Gasteiger partial charge in [-0.15, -0.1) is 0 Å². The van der Waals surface area contributed by atoms with E-state index in [1.807, 2.05) is 39.8 Å². The molecule has 0 aromatic heterocycles. The van der Waals surface area contributed by atoms with Crippen molar-refractivity contribution in [2.75, 3.05) is 5.75 Å². The maximum absolute atomic E-state index is 13.4. The first-order chi connectivity index (χ1) is 13.7. The monoisotopic (exact) mass is 416 g/mol. The Hall–Kier alpha value is -2.47. The molecule has 3 atom stereocenters. The van der Waals surface area contributed by atoms with Gasteiger partial charge in [0.05, 0.1) is 10.8 Å². The molecule has 3 rings (SSSR count). The van der Waals surface area contributed by atoms with Crippen molar-refractivity contribution in [1.82, 2.24) is 0 Å². The molecule has 2 aromatic rings. The zero-order valence-corrected chi connectivity index (χ0v) is 17.8. The Morgan fingerprint density at radius 2 is 1.86 bits per heavy atom. The summed E-state index contributed by atoms with van der Waals surface area (Å²) >= 11 is 0. The number of aliphatic hydroxyl groups is 1. The molecule has 29 heavy (non-hydrogen) atoms. The van der Waals surface area contributed by atoms with Gasteiger partial charge < -0.3 is 9.84 Å². The molecule has 0 spiro atoms. The number of hydrogen-bond acceptors (Lipinski definition) is 4. The molecular weight excluding hydrogens is 391 g/mol. The SMILES string of the molecule is Cc1cc(C)c(C2=C(O)CC(C(C)CS(=O)c3cccc(F)c3)OC2=O)c(C)c1. The highest BCUT2D eigenvalue weighted by atomic mass is 32.2. The molecule has 0 bridgehead atoms. The number of carbonyl (C=O) groups is 1. The minimum atomic E-state index is -1.43. The molecule has 1 aliphatic rings. The number of benzene rings is 2. The summed E-state index contributed by atoms with van der Waals surface area (Å²) in [4.78, 5) is 13.1. The van der Waals surface area contributed by atoms with Gasteiger partial charge in [-0.05, 0) is 55.7 Å². The number of carbonyl (C=O) groups excluding carboxylic acids is 1. The number of aryl methyl sites for hydroxylation is 3. The lowest BCUT2D eigenvalue weighted by atomic mass is 9.89. The van der Waals surface area contributed by atoms with E-state index in [0.29, 0.717) is 10.5 Å². The second-order valence-electron chi connectivity index (χ2n) is 7.69. The molecule has 1 N–H and O–H groups in total. The van der Waals surface area contributed by atoms with Gasteiger partial charge >= 0.3 is 5.97 Å². The predicted molar refractivity (Wildman–Crippen MR) is 112 cm³/mol. The van der Waals surface area contributed by atoms with Crippen LogP contribution in [-0.4, -0.2) is 27.1 Å². The molecule has 1 heterocycles. The van der Waals surface area contributed by atoms with E-state index < -0.39 is 28.7 Å². The quantitative estimate of drug-likeness (QED) is 0.713. The topological polar surface area (TPSA) is 63.6 Å². The Labute approximate surface area is 172 Å². The third-order valence-corrected chi connectivity index (χ3v) is 6.79. The molecule has 6 heteroatoms. The zero-order valence-electron chi connectivity index (χ0n) is 17.0. The van der Waals surface area contributed by atoms with Crippen molar-refractivity contribution in [3.8, 4) is 0 Å². The molecule has 0 aliphatic carbocycles.